The van der Waals surface area contributed by atoms with Gasteiger partial charge in [-0.2, -0.15) is 0 Å². The second-order valence-corrected chi connectivity index (χ2v) is 7.52. The van der Waals surface area contributed by atoms with Crippen LogP contribution in [0.5, 0.6) is 23.0 Å². The number of carbonyl (C=O) groups is 1. The van der Waals surface area contributed by atoms with Gasteiger partial charge in [-0.1, -0.05) is 0 Å². The van der Waals surface area contributed by atoms with Crippen LogP contribution in [-0.4, -0.2) is 74.4 Å². The highest BCUT2D eigenvalue weighted by Gasteiger charge is 2.47. The van der Waals surface area contributed by atoms with Crippen molar-refractivity contribution in [2.24, 2.45) is 0 Å². The molecule has 5 atom stereocenters. The van der Waals surface area contributed by atoms with Gasteiger partial charge in [0.1, 0.15) is 46.5 Å². The highest BCUT2D eigenvalue weighted by Crippen LogP contribution is 2.34. The lowest BCUT2D eigenvalue weighted by atomic mass is 9.99. The zero-order valence-electron chi connectivity index (χ0n) is 17.5. The molecule has 4 rings (SSSR count). The second kappa shape index (κ2) is 8.93. The highest BCUT2D eigenvalue weighted by molar-refractivity contribution is 5.87. The number of ether oxygens (including phenoxy) is 3. The van der Waals surface area contributed by atoms with Crippen molar-refractivity contribution in [1.82, 2.24) is 0 Å². The zero-order chi connectivity index (χ0) is 24.7. The van der Waals surface area contributed by atoms with E-state index in [1.165, 1.54) is 25.3 Å². The van der Waals surface area contributed by atoms with Crippen LogP contribution in [0, 0.1) is 0 Å². The number of rotatable bonds is 4. The van der Waals surface area contributed by atoms with Gasteiger partial charge in [-0.05, 0) is 18.2 Å². The number of carbonyl (C=O) groups excluding carboxylic acids is 1. The Morgan fingerprint density at radius 3 is 2.35 bits per heavy atom. The van der Waals surface area contributed by atoms with E-state index in [1.54, 1.807) is 0 Å². The molecular weight excluding hydrogens is 456 g/mol. The molecule has 1 saturated heterocycles. The summed E-state index contributed by atoms with van der Waals surface area (Å²) in [4.78, 5) is 25.0. The molecule has 1 fully saturated rings. The fourth-order valence-electron chi connectivity index (χ4n) is 3.52. The molecule has 2 heterocycles. The van der Waals surface area contributed by atoms with Crippen LogP contribution in [0.3, 0.4) is 0 Å². The number of aliphatic hydroxyl groups is 4. The van der Waals surface area contributed by atoms with Gasteiger partial charge in [0.05, 0.1) is 7.11 Å². The molecule has 0 bridgehead atoms. The molecule has 12 nitrogen and oxygen atoms in total. The molecule has 1 aromatic heterocycles. The average Bonchev–Trinajstić information content (AvgIpc) is 2.79. The third kappa shape index (κ3) is 4.16. The fourth-order valence-corrected chi connectivity index (χ4v) is 3.52. The first-order valence-electron chi connectivity index (χ1n) is 9.88. The maximum absolute atomic E-state index is 12.6. The number of phenols is 2. The van der Waals surface area contributed by atoms with E-state index in [1.807, 2.05) is 0 Å². The summed E-state index contributed by atoms with van der Waals surface area (Å²) in [6.45, 7) is 0. The van der Waals surface area contributed by atoms with Gasteiger partial charge in [0.15, 0.2) is 29.3 Å². The Labute approximate surface area is 190 Å². The molecular formula is C22H20O12. The Kier molecular flexibility index (Phi) is 6.17. The number of fused-ring (bicyclic) bond motifs is 1. The Hall–Kier alpha value is -3.68. The summed E-state index contributed by atoms with van der Waals surface area (Å²) < 4.78 is 20.5. The predicted octanol–water partition coefficient (Wildman–Crippen LogP) is -0.415. The van der Waals surface area contributed by atoms with Gasteiger partial charge in [-0.25, -0.2) is 4.79 Å². The minimum Gasteiger partial charge on any atom is -0.507 e. The molecule has 0 amide bonds. The first-order chi connectivity index (χ1) is 16.1. The van der Waals surface area contributed by atoms with E-state index < -0.39 is 47.9 Å². The molecule has 0 aliphatic carbocycles. The molecule has 3 aromatic rings. The Balaban J connectivity index is 1.68. The molecule has 0 radical (unpaired) electrons. The van der Waals surface area contributed by atoms with E-state index in [-0.39, 0.29) is 34.0 Å². The maximum Gasteiger partial charge on any atom is 0.343 e. The lowest BCUT2D eigenvalue weighted by molar-refractivity contribution is -0.279. The van der Waals surface area contributed by atoms with Gasteiger partial charge >= 0.3 is 5.97 Å². The number of aliphatic hydroxyl groups excluding tert-OH is 4. The molecule has 5 unspecified atom stereocenters. The lowest BCUT2D eigenvalue weighted by Crippen LogP contribution is -2.60. The Bertz CT molecular complexity index is 1300. The predicted molar refractivity (Wildman–Crippen MR) is 112 cm³/mol. The van der Waals surface area contributed by atoms with Gasteiger partial charge in [-0.15, -0.1) is 0 Å². The number of hydrogen-bond acceptors (Lipinski definition) is 12. The van der Waals surface area contributed by atoms with Crippen molar-refractivity contribution in [2.45, 2.75) is 30.7 Å². The first-order valence-corrected chi connectivity index (χ1v) is 9.88. The minimum atomic E-state index is -1.96. The van der Waals surface area contributed by atoms with E-state index in [2.05, 4.69) is 0 Å². The lowest BCUT2D eigenvalue weighted by Gasteiger charge is -2.36. The highest BCUT2D eigenvalue weighted by atomic mass is 16.7. The van der Waals surface area contributed by atoms with Gasteiger partial charge < -0.3 is 49.3 Å². The molecule has 12 heteroatoms. The molecule has 1 aliphatic rings. The zero-order valence-corrected chi connectivity index (χ0v) is 17.5. The molecule has 180 valence electrons. The fraction of sp³-hybridized carbons (Fsp3) is 0.273. The normalized spacial score (nSPS) is 24.7. The van der Waals surface area contributed by atoms with Crippen LogP contribution in [0.25, 0.3) is 22.3 Å². The molecule has 0 spiro atoms. The van der Waals surface area contributed by atoms with Crippen LogP contribution in [0.2, 0.25) is 0 Å². The van der Waals surface area contributed by atoms with Crippen molar-refractivity contribution in [3.63, 3.8) is 0 Å². The third-order valence-electron chi connectivity index (χ3n) is 5.29. The maximum atomic E-state index is 12.6. The van der Waals surface area contributed by atoms with E-state index in [0.29, 0.717) is 5.56 Å². The number of phenolic OH excluding ortho intramolecular Hbond substituents is 2. The van der Waals surface area contributed by atoms with E-state index in [4.69, 9.17) is 18.6 Å². The summed E-state index contributed by atoms with van der Waals surface area (Å²) in [7, 11) is 1.37. The SMILES string of the molecule is COc1ccc(-c2cc(=O)c3c(O)cc(OC(=O)C4OC(O)C(O)C(O)C4O)cc3o2)cc1O. The van der Waals surface area contributed by atoms with Crippen LogP contribution in [0.1, 0.15) is 0 Å². The van der Waals surface area contributed by atoms with Crippen molar-refractivity contribution >= 4 is 16.9 Å². The second-order valence-electron chi connectivity index (χ2n) is 7.52. The Morgan fingerprint density at radius 1 is 0.941 bits per heavy atom. The van der Waals surface area contributed by atoms with E-state index >= 15 is 0 Å². The number of esters is 1. The van der Waals surface area contributed by atoms with E-state index in [9.17, 15) is 40.2 Å². The largest absolute Gasteiger partial charge is 0.507 e. The molecule has 6 N–H and O–H groups in total. The Morgan fingerprint density at radius 2 is 1.68 bits per heavy atom. The monoisotopic (exact) mass is 476 g/mol. The van der Waals surface area contributed by atoms with Gasteiger partial charge in [0.2, 0.25) is 0 Å². The number of methoxy groups -OCH3 is 1. The summed E-state index contributed by atoms with van der Waals surface area (Å²) in [5.41, 5.74) is -0.464. The topological polar surface area (TPSA) is 196 Å². The molecule has 2 aromatic carbocycles. The van der Waals surface area contributed by atoms with Crippen molar-refractivity contribution in [1.29, 1.82) is 0 Å². The van der Waals surface area contributed by atoms with Crippen LogP contribution in [0.15, 0.2) is 45.6 Å². The first kappa shape index (κ1) is 23.5. The van der Waals surface area contributed by atoms with Crippen molar-refractivity contribution < 1.29 is 54.1 Å². The standard InChI is InChI=1S/C22H20O12/c1-31-13-3-2-8(4-10(13)23)14-7-12(25)16-11(24)5-9(6-15(16)33-14)32-22(30)20-18(27)17(26)19(28)21(29)34-20/h2-7,17-21,23-24,26-29H,1H3. The third-order valence-corrected chi connectivity index (χ3v) is 5.29. The summed E-state index contributed by atoms with van der Waals surface area (Å²) in [6.07, 6.45) is -9.44. The van der Waals surface area contributed by atoms with Crippen LogP contribution in [-0.2, 0) is 9.53 Å². The summed E-state index contributed by atoms with van der Waals surface area (Å²) in [5, 5.41) is 58.9. The van der Waals surface area contributed by atoms with E-state index in [0.717, 1.165) is 18.2 Å². The van der Waals surface area contributed by atoms with Crippen molar-refractivity contribution in [3.05, 3.63) is 46.6 Å². The number of aromatic hydroxyl groups is 2. The minimum absolute atomic E-state index is 0.0320. The molecule has 34 heavy (non-hydrogen) atoms. The average molecular weight is 476 g/mol. The molecule has 0 saturated carbocycles. The number of benzene rings is 2. The summed E-state index contributed by atoms with van der Waals surface area (Å²) >= 11 is 0. The van der Waals surface area contributed by atoms with Gasteiger partial charge in [-0.3, -0.25) is 4.79 Å². The quantitative estimate of drug-likeness (QED) is 0.211. The smallest absolute Gasteiger partial charge is 0.343 e. The molecule has 1 aliphatic heterocycles. The number of hydrogen-bond donors (Lipinski definition) is 6. The van der Waals surface area contributed by atoms with Crippen molar-refractivity contribution in [3.8, 4) is 34.3 Å². The van der Waals surface area contributed by atoms with Crippen LogP contribution in [0.4, 0.5) is 0 Å². The summed E-state index contributed by atoms with van der Waals surface area (Å²) in [6, 6.07) is 7.47. The van der Waals surface area contributed by atoms with Crippen molar-refractivity contribution in [2.75, 3.05) is 7.11 Å². The summed E-state index contributed by atoms with van der Waals surface area (Å²) in [5.74, 6) is -2.10. The van der Waals surface area contributed by atoms with Crippen LogP contribution < -0.4 is 14.9 Å². The van der Waals surface area contributed by atoms with Gasteiger partial charge in [0.25, 0.3) is 0 Å². The van der Waals surface area contributed by atoms with Crippen LogP contribution >= 0.6 is 0 Å². The van der Waals surface area contributed by atoms with Gasteiger partial charge in [0, 0.05) is 23.8 Å².